The summed E-state index contributed by atoms with van der Waals surface area (Å²) < 4.78 is 14.8. The van der Waals surface area contributed by atoms with E-state index in [0.29, 0.717) is 11.5 Å². The molecule has 0 aliphatic heterocycles. The summed E-state index contributed by atoms with van der Waals surface area (Å²) in [6.07, 6.45) is 0. The van der Waals surface area contributed by atoms with E-state index in [9.17, 15) is 9.18 Å². The Bertz CT molecular complexity index is 1230. The van der Waals surface area contributed by atoms with Gasteiger partial charge in [-0.3, -0.25) is 4.79 Å². The topological polar surface area (TPSA) is 59.8 Å². The lowest BCUT2D eigenvalue weighted by Crippen LogP contribution is -2.14. The van der Waals surface area contributed by atoms with Gasteiger partial charge in [0.1, 0.15) is 5.82 Å². The van der Waals surface area contributed by atoms with Crippen molar-refractivity contribution in [3.05, 3.63) is 95.1 Å². The number of aromatic nitrogens is 3. The summed E-state index contributed by atoms with van der Waals surface area (Å²) >= 11 is 0. The Morgan fingerprint density at radius 2 is 1.67 bits per heavy atom. The summed E-state index contributed by atoms with van der Waals surface area (Å²) in [7, 11) is 0. The molecule has 0 bridgehead atoms. The summed E-state index contributed by atoms with van der Waals surface area (Å²) in [5.74, 6) is -0.211. The van der Waals surface area contributed by atoms with Gasteiger partial charge in [0.25, 0.3) is 5.91 Å². The van der Waals surface area contributed by atoms with Crippen molar-refractivity contribution in [2.45, 2.75) is 20.8 Å². The monoisotopic (exact) mass is 400 g/mol. The molecule has 0 unspecified atom stereocenters. The molecule has 0 saturated carbocycles. The minimum absolute atomic E-state index is 0.0378. The number of carbonyl (C=O) groups excluding carboxylic acids is 1. The van der Waals surface area contributed by atoms with Gasteiger partial charge in [-0.15, -0.1) is 5.10 Å². The van der Waals surface area contributed by atoms with E-state index in [1.54, 1.807) is 4.68 Å². The Kier molecular flexibility index (Phi) is 5.14. The van der Waals surface area contributed by atoms with Crippen LogP contribution in [0.4, 0.5) is 10.1 Å². The molecule has 30 heavy (non-hydrogen) atoms. The zero-order valence-corrected chi connectivity index (χ0v) is 17.0. The molecule has 6 heteroatoms. The molecule has 0 spiro atoms. The first-order chi connectivity index (χ1) is 14.4. The summed E-state index contributed by atoms with van der Waals surface area (Å²) in [5, 5.41) is 7.23. The Morgan fingerprint density at radius 3 is 2.37 bits per heavy atom. The molecule has 4 rings (SSSR count). The third-order valence-electron chi connectivity index (χ3n) is 4.77. The number of aryl methyl sites for hydroxylation is 3. The van der Waals surface area contributed by atoms with Gasteiger partial charge >= 0.3 is 0 Å². The maximum Gasteiger partial charge on any atom is 0.295 e. The van der Waals surface area contributed by atoms with Crippen molar-refractivity contribution in [3.8, 4) is 17.1 Å². The first kappa shape index (κ1) is 19.5. The number of benzene rings is 3. The standard InChI is InChI=1S/C24H21FN4O/c1-15-5-4-6-18(14-15)23-27-22(24(30)26-20-10-8-19(25)9-11-20)28-29(23)21-12-7-16(2)13-17(21)3/h4-14H,1-3H3,(H,26,30). The molecule has 1 aromatic heterocycles. The van der Waals surface area contributed by atoms with Crippen molar-refractivity contribution in [3.63, 3.8) is 0 Å². The number of amides is 1. The van der Waals surface area contributed by atoms with Crippen LogP contribution in [0.3, 0.4) is 0 Å². The van der Waals surface area contributed by atoms with Gasteiger partial charge in [0.05, 0.1) is 5.69 Å². The minimum atomic E-state index is -0.459. The van der Waals surface area contributed by atoms with Crippen LogP contribution in [0.15, 0.2) is 66.7 Å². The van der Waals surface area contributed by atoms with Crippen LogP contribution in [0, 0.1) is 26.6 Å². The van der Waals surface area contributed by atoms with Crippen molar-refractivity contribution in [1.82, 2.24) is 14.8 Å². The zero-order valence-electron chi connectivity index (χ0n) is 17.0. The number of nitrogens with zero attached hydrogens (tertiary/aromatic N) is 3. The molecule has 4 aromatic rings. The van der Waals surface area contributed by atoms with Gasteiger partial charge in [0.2, 0.25) is 5.82 Å². The average Bonchev–Trinajstić information content (AvgIpc) is 3.15. The first-order valence-electron chi connectivity index (χ1n) is 9.59. The van der Waals surface area contributed by atoms with Crippen molar-refractivity contribution >= 4 is 11.6 Å². The quantitative estimate of drug-likeness (QED) is 0.509. The number of carbonyl (C=O) groups is 1. The van der Waals surface area contributed by atoms with E-state index in [1.165, 1.54) is 24.3 Å². The molecule has 0 atom stereocenters. The highest BCUT2D eigenvalue weighted by atomic mass is 19.1. The second kappa shape index (κ2) is 7.91. The van der Waals surface area contributed by atoms with Gasteiger partial charge in [-0.25, -0.2) is 14.1 Å². The number of anilines is 1. The first-order valence-corrected chi connectivity index (χ1v) is 9.59. The van der Waals surface area contributed by atoms with Crippen LogP contribution in [-0.2, 0) is 0 Å². The van der Waals surface area contributed by atoms with E-state index in [-0.39, 0.29) is 11.6 Å². The molecule has 5 nitrogen and oxygen atoms in total. The fraction of sp³-hybridized carbons (Fsp3) is 0.125. The SMILES string of the molecule is Cc1cccc(-c2nc(C(=O)Nc3ccc(F)cc3)nn2-c2ccc(C)cc2C)c1. The smallest absolute Gasteiger partial charge is 0.295 e. The molecule has 0 aliphatic carbocycles. The van der Waals surface area contributed by atoms with Crippen molar-refractivity contribution in [1.29, 1.82) is 0 Å². The van der Waals surface area contributed by atoms with Gasteiger partial charge in [-0.1, -0.05) is 41.5 Å². The maximum absolute atomic E-state index is 13.1. The van der Waals surface area contributed by atoms with Crippen molar-refractivity contribution in [2.75, 3.05) is 5.32 Å². The largest absolute Gasteiger partial charge is 0.319 e. The number of halogens is 1. The van der Waals surface area contributed by atoms with E-state index in [1.807, 2.05) is 57.2 Å². The molecule has 3 aromatic carbocycles. The Balaban J connectivity index is 1.79. The predicted molar refractivity (Wildman–Crippen MR) is 115 cm³/mol. The fourth-order valence-corrected chi connectivity index (χ4v) is 3.31. The lowest BCUT2D eigenvalue weighted by molar-refractivity contribution is 0.101. The van der Waals surface area contributed by atoms with Crippen LogP contribution >= 0.6 is 0 Å². The summed E-state index contributed by atoms with van der Waals surface area (Å²) in [6.45, 7) is 6.03. The third-order valence-corrected chi connectivity index (χ3v) is 4.77. The highest BCUT2D eigenvalue weighted by Gasteiger charge is 2.20. The third kappa shape index (κ3) is 3.98. The van der Waals surface area contributed by atoms with E-state index < -0.39 is 5.91 Å². The molecule has 0 saturated heterocycles. The molecular weight excluding hydrogens is 379 g/mol. The average molecular weight is 400 g/mol. The summed E-state index contributed by atoms with van der Waals surface area (Å²) in [5.41, 5.74) is 5.44. The lowest BCUT2D eigenvalue weighted by Gasteiger charge is -2.10. The van der Waals surface area contributed by atoms with Crippen LogP contribution in [0.5, 0.6) is 0 Å². The van der Waals surface area contributed by atoms with E-state index >= 15 is 0 Å². The van der Waals surface area contributed by atoms with Gasteiger partial charge in [-0.05, 0) is 62.7 Å². The van der Waals surface area contributed by atoms with Crippen LogP contribution in [-0.4, -0.2) is 20.7 Å². The van der Waals surface area contributed by atoms with Crippen LogP contribution in [0.2, 0.25) is 0 Å². The number of rotatable bonds is 4. The van der Waals surface area contributed by atoms with Gasteiger partial charge < -0.3 is 5.32 Å². The molecule has 0 radical (unpaired) electrons. The summed E-state index contributed by atoms with van der Waals surface area (Å²) in [6, 6.07) is 19.5. The normalized spacial score (nSPS) is 10.8. The van der Waals surface area contributed by atoms with E-state index in [0.717, 1.165) is 27.9 Å². The highest BCUT2D eigenvalue weighted by molar-refractivity contribution is 6.01. The Morgan fingerprint density at radius 1 is 0.933 bits per heavy atom. The minimum Gasteiger partial charge on any atom is -0.319 e. The lowest BCUT2D eigenvalue weighted by atomic mass is 10.1. The van der Waals surface area contributed by atoms with Gasteiger partial charge in [-0.2, -0.15) is 0 Å². The van der Waals surface area contributed by atoms with Crippen LogP contribution < -0.4 is 5.32 Å². The summed E-state index contributed by atoms with van der Waals surface area (Å²) in [4.78, 5) is 17.3. The second-order valence-electron chi connectivity index (χ2n) is 7.29. The van der Waals surface area contributed by atoms with Crippen molar-refractivity contribution < 1.29 is 9.18 Å². The van der Waals surface area contributed by atoms with E-state index in [2.05, 4.69) is 21.5 Å². The molecule has 1 heterocycles. The van der Waals surface area contributed by atoms with Gasteiger partial charge in [0.15, 0.2) is 5.82 Å². The van der Waals surface area contributed by atoms with Crippen LogP contribution in [0.1, 0.15) is 27.3 Å². The fourth-order valence-electron chi connectivity index (χ4n) is 3.31. The Labute approximate surface area is 174 Å². The predicted octanol–water partition coefficient (Wildman–Crippen LogP) is 5.25. The molecule has 1 N–H and O–H groups in total. The molecule has 0 aliphatic rings. The number of hydrogen-bond donors (Lipinski definition) is 1. The number of nitrogens with one attached hydrogen (secondary N) is 1. The second-order valence-corrected chi connectivity index (χ2v) is 7.29. The molecule has 0 fully saturated rings. The van der Waals surface area contributed by atoms with Crippen LogP contribution in [0.25, 0.3) is 17.1 Å². The molecule has 150 valence electrons. The number of hydrogen-bond acceptors (Lipinski definition) is 3. The Hall–Kier alpha value is -3.80. The highest BCUT2D eigenvalue weighted by Crippen LogP contribution is 2.25. The molecular formula is C24H21FN4O. The van der Waals surface area contributed by atoms with Gasteiger partial charge in [0, 0.05) is 11.3 Å². The zero-order chi connectivity index (χ0) is 21.3. The van der Waals surface area contributed by atoms with Crippen molar-refractivity contribution in [2.24, 2.45) is 0 Å². The van der Waals surface area contributed by atoms with E-state index in [4.69, 9.17) is 0 Å². The molecule has 1 amide bonds. The maximum atomic E-state index is 13.1.